The molecule has 2 N–H and O–H groups in total. The molecule has 0 spiro atoms. The number of rotatable bonds is 9. The molecule has 30 heavy (non-hydrogen) atoms. The van der Waals surface area contributed by atoms with Gasteiger partial charge in [-0.1, -0.05) is 53.9 Å². The van der Waals surface area contributed by atoms with Gasteiger partial charge in [-0.3, -0.25) is 9.59 Å². The first kappa shape index (κ1) is 23.6. The maximum atomic E-state index is 12.2. The molecule has 8 atom stereocenters. The predicted molar refractivity (Wildman–Crippen MR) is 119 cm³/mol. The molecular formula is C26H44O4. The standard InChI is InChI=1S/C26H44O4/c1-16(2)7-6-8-17(3)19-9-10-20-18-15-22(24(29)30)26(5,14-12-23(27)28)21(18)11-13-25(19,20)4/h16-22H,6-15H2,1-5H3,(H,27,28)(H,29,30). The number of carboxylic acid groups (broad SMARTS) is 2. The van der Waals surface area contributed by atoms with E-state index in [-0.39, 0.29) is 11.8 Å². The lowest BCUT2D eigenvalue weighted by atomic mass is 9.54. The van der Waals surface area contributed by atoms with Crippen LogP contribution in [0.15, 0.2) is 0 Å². The SMILES string of the molecule is CC(C)CCCC(C)C1CCC2C3CC(C(=O)O)C(C)(CCC(=O)O)C3CCC12C. The highest BCUT2D eigenvalue weighted by Gasteiger charge is 2.63. The summed E-state index contributed by atoms with van der Waals surface area (Å²) in [4.78, 5) is 23.4. The molecule has 0 radical (unpaired) electrons. The second kappa shape index (κ2) is 8.82. The third-order valence-corrected chi connectivity index (χ3v) is 9.96. The van der Waals surface area contributed by atoms with E-state index in [0.29, 0.717) is 29.6 Å². The van der Waals surface area contributed by atoms with Gasteiger partial charge in [0.1, 0.15) is 0 Å². The van der Waals surface area contributed by atoms with Crippen LogP contribution in [0.25, 0.3) is 0 Å². The monoisotopic (exact) mass is 420 g/mol. The Labute approximate surface area is 183 Å². The van der Waals surface area contributed by atoms with E-state index < -0.39 is 17.9 Å². The van der Waals surface area contributed by atoms with Crippen LogP contribution in [-0.2, 0) is 9.59 Å². The second-order valence-electron chi connectivity index (χ2n) is 11.9. The summed E-state index contributed by atoms with van der Waals surface area (Å²) in [5.74, 6) is 1.79. The molecule has 3 aliphatic carbocycles. The van der Waals surface area contributed by atoms with E-state index in [0.717, 1.165) is 30.6 Å². The number of carboxylic acids is 2. The van der Waals surface area contributed by atoms with Gasteiger partial charge in [-0.15, -0.1) is 0 Å². The summed E-state index contributed by atoms with van der Waals surface area (Å²) in [7, 11) is 0. The van der Waals surface area contributed by atoms with Crippen LogP contribution in [0.1, 0.15) is 98.8 Å². The van der Waals surface area contributed by atoms with Gasteiger partial charge in [0.25, 0.3) is 0 Å². The van der Waals surface area contributed by atoms with Crippen molar-refractivity contribution in [2.75, 3.05) is 0 Å². The van der Waals surface area contributed by atoms with Crippen LogP contribution in [0.3, 0.4) is 0 Å². The molecule has 8 unspecified atom stereocenters. The molecule has 3 aliphatic rings. The highest BCUT2D eigenvalue weighted by molar-refractivity contribution is 5.72. The van der Waals surface area contributed by atoms with Crippen LogP contribution in [0.5, 0.6) is 0 Å². The minimum absolute atomic E-state index is 0.0843. The van der Waals surface area contributed by atoms with Gasteiger partial charge >= 0.3 is 11.9 Å². The Hall–Kier alpha value is -1.06. The average Bonchev–Trinajstić information content (AvgIpc) is 3.14. The van der Waals surface area contributed by atoms with Crippen molar-refractivity contribution >= 4 is 11.9 Å². The molecule has 172 valence electrons. The van der Waals surface area contributed by atoms with Crippen LogP contribution >= 0.6 is 0 Å². The molecule has 0 bridgehead atoms. The van der Waals surface area contributed by atoms with Gasteiger partial charge in [-0.25, -0.2) is 0 Å². The minimum atomic E-state index is -0.805. The zero-order valence-corrected chi connectivity index (χ0v) is 19.8. The van der Waals surface area contributed by atoms with Crippen LogP contribution in [0.4, 0.5) is 0 Å². The van der Waals surface area contributed by atoms with Gasteiger partial charge in [-0.2, -0.15) is 0 Å². The van der Waals surface area contributed by atoms with Crippen LogP contribution in [0, 0.1) is 52.3 Å². The van der Waals surface area contributed by atoms with Crippen LogP contribution < -0.4 is 0 Å². The molecule has 3 saturated carbocycles. The van der Waals surface area contributed by atoms with E-state index in [4.69, 9.17) is 0 Å². The Kier molecular flexibility index (Phi) is 6.94. The van der Waals surface area contributed by atoms with Gasteiger partial charge in [-0.05, 0) is 84.9 Å². The molecule has 3 fully saturated rings. The third kappa shape index (κ3) is 4.17. The van der Waals surface area contributed by atoms with Crippen LogP contribution in [-0.4, -0.2) is 22.2 Å². The molecule has 0 aromatic rings. The Morgan fingerprint density at radius 1 is 1.00 bits per heavy atom. The van der Waals surface area contributed by atoms with E-state index in [1.807, 2.05) is 0 Å². The lowest BCUT2D eigenvalue weighted by molar-refractivity contribution is -0.148. The largest absolute Gasteiger partial charge is 0.481 e. The van der Waals surface area contributed by atoms with Crippen molar-refractivity contribution in [2.24, 2.45) is 52.3 Å². The van der Waals surface area contributed by atoms with Gasteiger partial charge in [0.2, 0.25) is 0 Å². The Morgan fingerprint density at radius 3 is 2.30 bits per heavy atom. The quantitative estimate of drug-likeness (QED) is 0.447. The molecule has 0 aromatic carbocycles. The molecule has 4 nitrogen and oxygen atoms in total. The van der Waals surface area contributed by atoms with Crippen molar-refractivity contribution in [2.45, 2.75) is 98.8 Å². The Morgan fingerprint density at radius 2 is 1.70 bits per heavy atom. The second-order valence-corrected chi connectivity index (χ2v) is 11.9. The number of hydrogen-bond donors (Lipinski definition) is 2. The first-order chi connectivity index (χ1) is 14.0. The smallest absolute Gasteiger partial charge is 0.307 e. The van der Waals surface area contributed by atoms with Crippen molar-refractivity contribution in [3.8, 4) is 0 Å². The molecule has 4 heteroatoms. The Balaban J connectivity index is 1.76. The highest BCUT2D eigenvalue weighted by atomic mass is 16.4. The average molecular weight is 421 g/mol. The summed E-state index contributed by atoms with van der Waals surface area (Å²) in [5, 5.41) is 19.3. The molecule has 0 saturated heterocycles. The summed E-state index contributed by atoms with van der Waals surface area (Å²) < 4.78 is 0. The van der Waals surface area contributed by atoms with E-state index >= 15 is 0 Å². The summed E-state index contributed by atoms with van der Waals surface area (Å²) >= 11 is 0. The first-order valence-electron chi connectivity index (χ1n) is 12.4. The fraction of sp³-hybridized carbons (Fsp3) is 0.923. The van der Waals surface area contributed by atoms with Crippen molar-refractivity contribution in [3.05, 3.63) is 0 Å². The summed E-state index contributed by atoms with van der Waals surface area (Å²) in [6.45, 7) is 11.7. The van der Waals surface area contributed by atoms with E-state index in [9.17, 15) is 19.8 Å². The minimum Gasteiger partial charge on any atom is -0.481 e. The summed E-state index contributed by atoms with van der Waals surface area (Å²) in [6, 6.07) is 0. The van der Waals surface area contributed by atoms with E-state index in [2.05, 4.69) is 34.6 Å². The van der Waals surface area contributed by atoms with Gasteiger partial charge in [0.05, 0.1) is 5.92 Å². The number of fused-ring (bicyclic) bond motifs is 3. The zero-order chi connectivity index (χ0) is 22.3. The van der Waals surface area contributed by atoms with Gasteiger partial charge in [0.15, 0.2) is 0 Å². The van der Waals surface area contributed by atoms with Crippen molar-refractivity contribution < 1.29 is 19.8 Å². The Bertz CT molecular complexity index is 643. The highest BCUT2D eigenvalue weighted by Crippen LogP contribution is 2.69. The number of carbonyl (C=O) groups is 2. The van der Waals surface area contributed by atoms with Crippen molar-refractivity contribution in [3.63, 3.8) is 0 Å². The molecular weight excluding hydrogens is 376 g/mol. The predicted octanol–water partition coefficient (Wildman–Crippen LogP) is 6.48. The summed E-state index contributed by atoms with van der Waals surface area (Å²) in [6.07, 6.45) is 10.1. The molecule has 0 amide bonds. The molecule has 0 aromatic heterocycles. The van der Waals surface area contributed by atoms with Crippen molar-refractivity contribution in [1.29, 1.82) is 0 Å². The van der Waals surface area contributed by atoms with Crippen molar-refractivity contribution in [1.82, 2.24) is 0 Å². The lowest BCUT2D eigenvalue weighted by Crippen LogP contribution is -2.44. The maximum absolute atomic E-state index is 12.2. The topological polar surface area (TPSA) is 74.6 Å². The third-order valence-electron chi connectivity index (χ3n) is 9.96. The van der Waals surface area contributed by atoms with Crippen LogP contribution in [0.2, 0.25) is 0 Å². The zero-order valence-electron chi connectivity index (χ0n) is 19.8. The summed E-state index contributed by atoms with van der Waals surface area (Å²) in [5.41, 5.74) is -0.0449. The lowest BCUT2D eigenvalue weighted by Gasteiger charge is -2.51. The molecule has 3 rings (SSSR count). The van der Waals surface area contributed by atoms with E-state index in [1.54, 1.807) is 0 Å². The number of hydrogen-bond acceptors (Lipinski definition) is 2. The van der Waals surface area contributed by atoms with E-state index in [1.165, 1.54) is 38.5 Å². The maximum Gasteiger partial charge on any atom is 0.307 e. The first-order valence-corrected chi connectivity index (χ1v) is 12.4. The van der Waals surface area contributed by atoms with Gasteiger partial charge in [0, 0.05) is 6.42 Å². The molecule has 0 aliphatic heterocycles. The number of aliphatic carboxylic acids is 2. The normalized spacial score (nSPS) is 41.5. The molecule has 0 heterocycles. The van der Waals surface area contributed by atoms with Gasteiger partial charge < -0.3 is 10.2 Å². The fourth-order valence-corrected chi connectivity index (χ4v) is 8.38. The fourth-order valence-electron chi connectivity index (χ4n) is 8.38.